The van der Waals surface area contributed by atoms with Crippen molar-refractivity contribution in [1.82, 2.24) is 5.73 Å². The lowest BCUT2D eigenvalue weighted by Crippen LogP contribution is -2.12. The molecular formula is C4H8NOS2. The molecule has 0 unspecified atom stereocenters. The van der Waals surface area contributed by atoms with E-state index in [1.807, 2.05) is 12.5 Å². The van der Waals surface area contributed by atoms with Crippen LogP contribution in [0.3, 0.4) is 0 Å². The molecule has 0 saturated carbocycles. The number of hydrogen-bond acceptors (Lipinski definition) is 3. The third kappa shape index (κ3) is 2.47. The molecule has 4 heteroatoms. The minimum Gasteiger partial charge on any atom is -0.271 e. The van der Waals surface area contributed by atoms with Gasteiger partial charge in [0.25, 0.3) is 5.91 Å². The summed E-state index contributed by atoms with van der Waals surface area (Å²) in [4.78, 5) is 10.2. The van der Waals surface area contributed by atoms with Crippen LogP contribution in [-0.4, -0.2) is 23.0 Å². The molecule has 0 aliphatic carbocycles. The summed E-state index contributed by atoms with van der Waals surface area (Å²) in [6.45, 7) is 0. The van der Waals surface area contributed by atoms with Crippen molar-refractivity contribution >= 4 is 29.4 Å². The summed E-state index contributed by atoms with van der Waals surface area (Å²) >= 11 is 2.81. The van der Waals surface area contributed by atoms with Gasteiger partial charge in [-0.05, 0) is 12.5 Å². The third-order valence-corrected chi connectivity index (χ3v) is 3.08. The van der Waals surface area contributed by atoms with Crippen LogP contribution >= 0.6 is 23.5 Å². The first-order chi connectivity index (χ1) is 3.72. The van der Waals surface area contributed by atoms with Crippen molar-refractivity contribution in [2.24, 2.45) is 0 Å². The molecular weight excluding hydrogens is 142 g/mol. The van der Waals surface area contributed by atoms with Crippen LogP contribution in [0, 0.1) is 0 Å². The van der Waals surface area contributed by atoms with Gasteiger partial charge in [-0.15, -0.1) is 23.5 Å². The molecule has 0 rings (SSSR count). The van der Waals surface area contributed by atoms with E-state index >= 15 is 0 Å². The summed E-state index contributed by atoms with van der Waals surface area (Å²) in [6, 6.07) is 0. The van der Waals surface area contributed by atoms with E-state index in [-0.39, 0.29) is 4.58 Å². The molecule has 0 atom stereocenters. The van der Waals surface area contributed by atoms with Gasteiger partial charge < -0.3 is 0 Å². The molecule has 0 fully saturated rings. The number of carbonyl (C=O) groups excluding carboxylic acids is 1. The van der Waals surface area contributed by atoms with Crippen LogP contribution in [0.15, 0.2) is 0 Å². The fraction of sp³-hybridized carbons (Fsp3) is 0.750. The number of hydrogen-bond donors (Lipinski definition) is 0. The number of rotatable bonds is 3. The van der Waals surface area contributed by atoms with E-state index in [4.69, 9.17) is 5.73 Å². The summed E-state index contributed by atoms with van der Waals surface area (Å²) in [5.41, 5.74) is 6.65. The highest BCUT2D eigenvalue weighted by Gasteiger charge is 2.10. The Balaban J connectivity index is 3.52. The van der Waals surface area contributed by atoms with E-state index in [2.05, 4.69) is 0 Å². The maximum absolute atomic E-state index is 10.2. The molecule has 1 N–H and O–H groups in total. The van der Waals surface area contributed by atoms with Gasteiger partial charge in [0.15, 0.2) is 0 Å². The zero-order chi connectivity index (χ0) is 6.57. The highest BCUT2D eigenvalue weighted by Crippen LogP contribution is 2.17. The second-order valence-electron chi connectivity index (χ2n) is 1.17. The van der Waals surface area contributed by atoms with Crippen LogP contribution < -0.4 is 5.73 Å². The van der Waals surface area contributed by atoms with Crippen LogP contribution in [-0.2, 0) is 4.79 Å². The Kier molecular flexibility index (Phi) is 4.18. The normalized spacial score (nSPS) is 9.88. The number of amides is 1. The van der Waals surface area contributed by atoms with Crippen molar-refractivity contribution in [3.63, 3.8) is 0 Å². The Morgan fingerprint density at radius 1 is 1.50 bits per heavy atom. The quantitative estimate of drug-likeness (QED) is 0.560. The Bertz CT molecular complexity index is 82.1. The lowest BCUT2D eigenvalue weighted by Gasteiger charge is -2.02. The van der Waals surface area contributed by atoms with Crippen molar-refractivity contribution in [3.05, 3.63) is 0 Å². The van der Waals surface area contributed by atoms with E-state index in [9.17, 15) is 4.79 Å². The minimum absolute atomic E-state index is 0.185. The van der Waals surface area contributed by atoms with E-state index in [1.54, 1.807) is 0 Å². The van der Waals surface area contributed by atoms with Gasteiger partial charge in [0.2, 0.25) is 0 Å². The first kappa shape index (κ1) is 8.17. The van der Waals surface area contributed by atoms with E-state index in [1.165, 1.54) is 23.5 Å². The summed E-state index contributed by atoms with van der Waals surface area (Å²) in [6.07, 6.45) is 3.65. The van der Waals surface area contributed by atoms with Gasteiger partial charge in [0.1, 0.15) is 4.58 Å². The highest BCUT2D eigenvalue weighted by atomic mass is 32.2. The molecule has 0 heterocycles. The Morgan fingerprint density at radius 3 is 1.88 bits per heavy atom. The van der Waals surface area contributed by atoms with Crippen LogP contribution in [0.2, 0.25) is 0 Å². The van der Waals surface area contributed by atoms with Crippen molar-refractivity contribution < 1.29 is 4.79 Å². The van der Waals surface area contributed by atoms with Gasteiger partial charge in [0.05, 0.1) is 0 Å². The Morgan fingerprint density at radius 2 is 1.88 bits per heavy atom. The molecule has 2 nitrogen and oxygen atoms in total. The van der Waals surface area contributed by atoms with E-state index < -0.39 is 5.91 Å². The molecule has 0 aromatic heterocycles. The van der Waals surface area contributed by atoms with Gasteiger partial charge in [-0.25, -0.2) is 0 Å². The van der Waals surface area contributed by atoms with Gasteiger partial charge in [-0.2, -0.15) is 0 Å². The first-order valence-corrected chi connectivity index (χ1v) is 4.61. The molecule has 47 valence electrons. The second kappa shape index (κ2) is 4.09. The molecule has 8 heavy (non-hydrogen) atoms. The predicted molar refractivity (Wildman–Crippen MR) is 38.9 cm³/mol. The average Bonchev–Trinajstić information content (AvgIpc) is 1.69. The van der Waals surface area contributed by atoms with E-state index in [0.29, 0.717) is 0 Å². The van der Waals surface area contributed by atoms with Crippen molar-refractivity contribution in [1.29, 1.82) is 0 Å². The fourth-order valence-corrected chi connectivity index (χ4v) is 1.51. The zero-order valence-corrected chi connectivity index (χ0v) is 6.44. The molecule has 0 spiro atoms. The fourth-order valence-electron chi connectivity index (χ4n) is 0.310. The lowest BCUT2D eigenvalue weighted by atomic mass is 10.8. The van der Waals surface area contributed by atoms with Crippen LogP contribution in [0.1, 0.15) is 0 Å². The summed E-state index contributed by atoms with van der Waals surface area (Å²) in [7, 11) is 0. The van der Waals surface area contributed by atoms with Gasteiger partial charge in [-0.3, -0.25) is 10.5 Å². The smallest absolute Gasteiger partial charge is 0.261 e. The number of thioether (sulfide) groups is 2. The maximum atomic E-state index is 10.2. The van der Waals surface area contributed by atoms with Gasteiger partial charge in [-0.1, -0.05) is 0 Å². The molecule has 0 saturated heterocycles. The molecule has 0 aromatic carbocycles. The maximum Gasteiger partial charge on any atom is 0.261 e. The molecule has 0 aliphatic heterocycles. The molecule has 0 aliphatic rings. The third-order valence-electron chi connectivity index (χ3n) is 0.642. The standard InChI is InChI=1S/C4H8NOS2/c1-7-4(8-2)3(5)6/h4-5H,1-2H3. The van der Waals surface area contributed by atoms with Crippen molar-refractivity contribution in [3.8, 4) is 0 Å². The molecule has 0 aromatic rings. The average molecular weight is 150 g/mol. The largest absolute Gasteiger partial charge is 0.271 e. The Labute approximate surface area is 57.6 Å². The van der Waals surface area contributed by atoms with Crippen LogP contribution in [0.4, 0.5) is 0 Å². The highest BCUT2D eigenvalue weighted by molar-refractivity contribution is 8.17. The topological polar surface area (TPSA) is 40.9 Å². The van der Waals surface area contributed by atoms with Gasteiger partial charge >= 0.3 is 0 Å². The molecule has 1 amide bonds. The lowest BCUT2D eigenvalue weighted by molar-refractivity contribution is -0.116. The summed E-state index contributed by atoms with van der Waals surface area (Å²) < 4.78 is -0.185. The first-order valence-electron chi connectivity index (χ1n) is 2.03. The minimum atomic E-state index is -0.495. The summed E-state index contributed by atoms with van der Waals surface area (Å²) in [5.74, 6) is -0.495. The van der Waals surface area contributed by atoms with Crippen molar-refractivity contribution in [2.75, 3.05) is 12.5 Å². The molecule has 1 radical (unpaired) electrons. The Hall–Kier alpha value is 0.170. The van der Waals surface area contributed by atoms with Gasteiger partial charge in [0, 0.05) is 0 Å². The predicted octanol–water partition coefficient (Wildman–Crippen LogP) is 0.848. The summed E-state index contributed by atoms with van der Waals surface area (Å²) in [5, 5.41) is 0. The van der Waals surface area contributed by atoms with Crippen LogP contribution in [0.5, 0.6) is 0 Å². The number of carbonyl (C=O) groups is 1. The van der Waals surface area contributed by atoms with Crippen molar-refractivity contribution in [2.45, 2.75) is 4.58 Å². The number of nitrogens with one attached hydrogen (secondary N) is 1. The monoisotopic (exact) mass is 150 g/mol. The molecule has 0 bridgehead atoms. The SMILES string of the molecule is CSC(SC)C([NH])=O. The zero-order valence-electron chi connectivity index (χ0n) is 4.80. The second-order valence-corrected chi connectivity index (χ2v) is 3.35. The van der Waals surface area contributed by atoms with Crippen LogP contribution in [0.25, 0.3) is 0 Å². The van der Waals surface area contributed by atoms with E-state index in [0.717, 1.165) is 0 Å².